The molecule has 5 rings (SSSR count). The molecular formula is C23H23ClN4O3S. The Kier molecular flexibility index (Phi) is 6.16. The minimum absolute atomic E-state index is 0.0934. The summed E-state index contributed by atoms with van der Waals surface area (Å²) in [5.41, 5.74) is 2.73. The molecule has 4 heterocycles. The van der Waals surface area contributed by atoms with Gasteiger partial charge in [-0.05, 0) is 41.8 Å². The molecule has 166 valence electrons. The van der Waals surface area contributed by atoms with E-state index in [9.17, 15) is 4.79 Å². The zero-order valence-electron chi connectivity index (χ0n) is 17.4. The van der Waals surface area contributed by atoms with Crippen LogP contribution in [0.5, 0.6) is 0 Å². The number of furan rings is 1. The maximum Gasteiger partial charge on any atom is 0.262 e. The van der Waals surface area contributed by atoms with Gasteiger partial charge in [-0.3, -0.25) is 4.79 Å². The molecular weight excluding hydrogens is 448 g/mol. The van der Waals surface area contributed by atoms with Crippen LogP contribution < -0.4 is 10.2 Å². The van der Waals surface area contributed by atoms with Crippen LogP contribution in [0.2, 0.25) is 5.02 Å². The third kappa shape index (κ3) is 4.39. The summed E-state index contributed by atoms with van der Waals surface area (Å²) in [4.78, 5) is 16.6. The lowest BCUT2D eigenvalue weighted by molar-refractivity contribution is -0.131. The largest absolute Gasteiger partial charge is 0.467 e. The highest BCUT2D eigenvalue weighted by molar-refractivity contribution is 7.12. The molecule has 0 unspecified atom stereocenters. The lowest BCUT2D eigenvalue weighted by Crippen LogP contribution is -2.37. The Hall–Kier alpha value is -2.81. The van der Waals surface area contributed by atoms with Gasteiger partial charge in [-0.15, -0.1) is 11.3 Å². The molecule has 0 bridgehead atoms. The van der Waals surface area contributed by atoms with Crippen molar-refractivity contribution in [2.45, 2.75) is 12.5 Å². The van der Waals surface area contributed by atoms with E-state index < -0.39 is 0 Å². The van der Waals surface area contributed by atoms with Gasteiger partial charge >= 0.3 is 0 Å². The highest BCUT2D eigenvalue weighted by Crippen LogP contribution is 2.34. The molecule has 2 aromatic heterocycles. The van der Waals surface area contributed by atoms with Crippen molar-refractivity contribution in [3.8, 4) is 0 Å². The zero-order chi connectivity index (χ0) is 21.9. The van der Waals surface area contributed by atoms with Gasteiger partial charge in [-0.1, -0.05) is 17.7 Å². The van der Waals surface area contributed by atoms with E-state index in [4.69, 9.17) is 20.8 Å². The van der Waals surface area contributed by atoms with Crippen molar-refractivity contribution < 1.29 is 13.9 Å². The summed E-state index contributed by atoms with van der Waals surface area (Å²) < 4.78 is 11.1. The Morgan fingerprint density at radius 2 is 2.09 bits per heavy atom. The van der Waals surface area contributed by atoms with Crippen molar-refractivity contribution in [1.82, 2.24) is 5.01 Å². The summed E-state index contributed by atoms with van der Waals surface area (Å²) in [5, 5.41) is 12.1. The number of halogens is 1. The molecule has 1 aromatic carbocycles. The number of amides is 1. The Bertz CT molecular complexity index is 1090. The third-order valence-electron chi connectivity index (χ3n) is 5.58. The average Bonchev–Trinajstić information content (AvgIpc) is 3.59. The fraction of sp³-hybridized carbons (Fsp3) is 0.304. The van der Waals surface area contributed by atoms with E-state index >= 15 is 0 Å². The average molecular weight is 471 g/mol. The molecule has 0 saturated carbocycles. The van der Waals surface area contributed by atoms with Crippen LogP contribution in [0.3, 0.4) is 0 Å². The molecule has 1 atom stereocenters. The normalized spacial score (nSPS) is 18.7. The van der Waals surface area contributed by atoms with Crippen LogP contribution in [-0.2, 0) is 9.53 Å². The van der Waals surface area contributed by atoms with Gasteiger partial charge in [-0.2, -0.15) is 5.10 Å². The van der Waals surface area contributed by atoms with Crippen molar-refractivity contribution in [3.05, 3.63) is 69.8 Å². The fourth-order valence-electron chi connectivity index (χ4n) is 4.02. The maximum absolute atomic E-state index is 13.3. The smallest absolute Gasteiger partial charge is 0.262 e. The first-order chi connectivity index (χ1) is 15.7. The summed E-state index contributed by atoms with van der Waals surface area (Å²) in [6.45, 7) is 3.05. The summed E-state index contributed by atoms with van der Waals surface area (Å²) >= 11 is 7.87. The monoisotopic (exact) mass is 470 g/mol. The van der Waals surface area contributed by atoms with Gasteiger partial charge in [0, 0.05) is 24.5 Å². The molecule has 0 aliphatic carbocycles. The fourth-order valence-corrected chi connectivity index (χ4v) is 4.91. The van der Waals surface area contributed by atoms with Crippen molar-refractivity contribution >= 4 is 45.9 Å². The van der Waals surface area contributed by atoms with Crippen LogP contribution in [0, 0.1) is 0 Å². The Balaban J connectivity index is 1.35. The van der Waals surface area contributed by atoms with E-state index in [1.165, 1.54) is 0 Å². The van der Waals surface area contributed by atoms with Crippen LogP contribution in [0.4, 0.5) is 11.4 Å². The third-order valence-corrected chi connectivity index (χ3v) is 6.74. The number of carbonyl (C=O) groups is 1. The first kappa shape index (κ1) is 21.1. The maximum atomic E-state index is 13.3. The number of thiophene rings is 1. The molecule has 3 aromatic rings. The second kappa shape index (κ2) is 9.36. The Morgan fingerprint density at radius 1 is 1.22 bits per heavy atom. The van der Waals surface area contributed by atoms with Crippen LogP contribution in [-0.4, -0.2) is 49.5 Å². The van der Waals surface area contributed by atoms with Crippen molar-refractivity contribution in [1.29, 1.82) is 0 Å². The molecule has 1 amide bonds. The van der Waals surface area contributed by atoms with Gasteiger partial charge in [0.05, 0.1) is 48.0 Å². The van der Waals surface area contributed by atoms with Crippen LogP contribution in [0.15, 0.2) is 63.6 Å². The minimum Gasteiger partial charge on any atom is -0.467 e. The first-order valence-electron chi connectivity index (χ1n) is 10.5. The predicted octanol–water partition coefficient (Wildman–Crippen LogP) is 4.62. The number of anilines is 2. The minimum atomic E-state index is -0.255. The number of nitrogens with one attached hydrogen (secondary N) is 1. The topological polar surface area (TPSA) is 70.3 Å². The van der Waals surface area contributed by atoms with Crippen LogP contribution in [0.1, 0.15) is 23.1 Å². The number of benzene rings is 1. The number of carbonyl (C=O) groups excluding carboxylic acids is 1. The molecule has 1 saturated heterocycles. The summed E-state index contributed by atoms with van der Waals surface area (Å²) in [6, 6.07) is 13.2. The summed E-state index contributed by atoms with van der Waals surface area (Å²) in [5.74, 6) is 0.594. The highest BCUT2D eigenvalue weighted by atomic mass is 35.5. The molecule has 0 radical (unpaired) electrons. The second-order valence-corrected chi connectivity index (χ2v) is 9.00. The quantitative estimate of drug-likeness (QED) is 0.569. The van der Waals surface area contributed by atoms with Crippen molar-refractivity contribution in [3.63, 3.8) is 0 Å². The predicted molar refractivity (Wildman–Crippen MR) is 127 cm³/mol. The van der Waals surface area contributed by atoms with Gasteiger partial charge in [0.15, 0.2) is 0 Å². The lowest BCUT2D eigenvalue weighted by atomic mass is 10.1. The van der Waals surface area contributed by atoms with E-state index in [0.717, 1.165) is 40.8 Å². The van der Waals surface area contributed by atoms with Crippen LogP contribution in [0.25, 0.3) is 0 Å². The Morgan fingerprint density at radius 3 is 2.84 bits per heavy atom. The van der Waals surface area contributed by atoms with E-state index in [2.05, 4.69) is 15.3 Å². The van der Waals surface area contributed by atoms with Crippen molar-refractivity contribution in [2.24, 2.45) is 5.10 Å². The zero-order valence-corrected chi connectivity index (χ0v) is 18.9. The summed E-state index contributed by atoms with van der Waals surface area (Å²) in [6.07, 6.45) is 2.25. The molecule has 1 fully saturated rings. The van der Waals surface area contributed by atoms with Crippen molar-refractivity contribution in [2.75, 3.05) is 43.1 Å². The van der Waals surface area contributed by atoms with Crippen LogP contribution >= 0.6 is 22.9 Å². The summed E-state index contributed by atoms with van der Waals surface area (Å²) in [7, 11) is 0. The highest BCUT2D eigenvalue weighted by Gasteiger charge is 2.35. The van der Waals surface area contributed by atoms with E-state index in [1.807, 2.05) is 47.8 Å². The number of hydrogen-bond donors (Lipinski definition) is 1. The Labute approximate surface area is 195 Å². The standard InChI is InChI=1S/C23H23ClN4O3S/c24-16-5-6-19(27-7-10-30-11-8-27)17(13-16)25-15-23(29)28-20(21-3-1-9-31-21)14-18(26-28)22-4-2-12-32-22/h1-6,9,12-13,20,25H,7-8,10-11,14-15H2/t20-/m1/s1. The van der Waals surface area contributed by atoms with Gasteiger partial charge < -0.3 is 19.4 Å². The number of ether oxygens (including phenoxy) is 1. The van der Waals surface area contributed by atoms with E-state index in [0.29, 0.717) is 24.7 Å². The SMILES string of the molecule is O=C(CNc1cc(Cl)ccc1N1CCOCC1)N1N=C(c2cccs2)C[C@@H]1c1ccco1. The molecule has 32 heavy (non-hydrogen) atoms. The second-order valence-electron chi connectivity index (χ2n) is 7.61. The number of rotatable bonds is 6. The lowest BCUT2D eigenvalue weighted by Gasteiger charge is -2.31. The first-order valence-corrected chi connectivity index (χ1v) is 11.8. The van der Waals surface area contributed by atoms with E-state index in [-0.39, 0.29) is 18.5 Å². The van der Waals surface area contributed by atoms with E-state index in [1.54, 1.807) is 22.6 Å². The molecule has 1 N–H and O–H groups in total. The number of nitrogens with zero attached hydrogens (tertiary/aromatic N) is 3. The number of hydrazone groups is 1. The molecule has 9 heteroatoms. The number of morpholine rings is 1. The van der Waals surface area contributed by atoms with Gasteiger partial charge in [0.25, 0.3) is 5.91 Å². The van der Waals surface area contributed by atoms with Gasteiger partial charge in [0.2, 0.25) is 0 Å². The molecule has 7 nitrogen and oxygen atoms in total. The van der Waals surface area contributed by atoms with Gasteiger partial charge in [0.1, 0.15) is 11.8 Å². The number of hydrogen-bond acceptors (Lipinski definition) is 7. The molecule has 2 aliphatic heterocycles. The molecule has 0 spiro atoms. The molecule has 2 aliphatic rings. The van der Waals surface area contributed by atoms with Gasteiger partial charge in [-0.25, -0.2) is 5.01 Å².